The molecule has 0 heterocycles. The average molecular weight is 359 g/mol. The number of carboxylic acids is 1. The molecule has 0 fully saturated rings. The molecule has 2 N–H and O–H groups in total. The van der Waals surface area contributed by atoms with Gasteiger partial charge in [0.1, 0.15) is 5.75 Å². The van der Waals surface area contributed by atoms with Gasteiger partial charge in [0.25, 0.3) is 5.91 Å². The summed E-state index contributed by atoms with van der Waals surface area (Å²) < 4.78 is 16.0. The molecule has 0 aliphatic heterocycles. The predicted octanol–water partition coefficient (Wildman–Crippen LogP) is 3.20. The van der Waals surface area contributed by atoms with Crippen molar-refractivity contribution in [1.29, 1.82) is 0 Å². The van der Waals surface area contributed by atoms with Gasteiger partial charge in [0.2, 0.25) is 0 Å². The molecule has 26 heavy (non-hydrogen) atoms. The number of carbonyl (C=O) groups excluding carboxylic acids is 1. The zero-order chi connectivity index (χ0) is 19.1. The number of ether oxygens (including phenoxy) is 3. The topological polar surface area (TPSA) is 94.1 Å². The Morgan fingerprint density at radius 3 is 2.54 bits per heavy atom. The van der Waals surface area contributed by atoms with E-state index in [1.807, 2.05) is 13.8 Å². The number of hydrogen-bond donors (Lipinski definition) is 2. The third-order valence-electron chi connectivity index (χ3n) is 3.24. The highest BCUT2D eigenvalue weighted by atomic mass is 16.5. The highest BCUT2D eigenvalue weighted by Crippen LogP contribution is 2.29. The van der Waals surface area contributed by atoms with Crippen LogP contribution in [0.2, 0.25) is 0 Å². The highest BCUT2D eigenvalue weighted by molar-refractivity contribution is 6.04. The Balaban J connectivity index is 2.12. The molecule has 0 aliphatic rings. The smallest absolute Gasteiger partial charge is 0.341 e. The van der Waals surface area contributed by atoms with Crippen LogP contribution in [-0.4, -0.2) is 36.8 Å². The van der Waals surface area contributed by atoms with Crippen LogP contribution in [0.4, 0.5) is 5.69 Å². The monoisotopic (exact) mass is 359 g/mol. The van der Waals surface area contributed by atoms with Crippen molar-refractivity contribution in [2.24, 2.45) is 0 Å². The molecule has 138 valence electrons. The van der Waals surface area contributed by atoms with E-state index in [-0.39, 0.29) is 12.0 Å². The molecule has 2 rings (SSSR count). The lowest BCUT2D eigenvalue weighted by Crippen LogP contribution is -2.13. The van der Waals surface area contributed by atoms with Crippen LogP contribution in [0.25, 0.3) is 0 Å². The molecule has 2 aromatic carbocycles. The second kappa shape index (κ2) is 8.75. The number of amides is 1. The van der Waals surface area contributed by atoms with E-state index < -0.39 is 12.6 Å². The minimum absolute atomic E-state index is 0.0166. The second-order valence-corrected chi connectivity index (χ2v) is 5.70. The Bertz CT molecular complexity index is 787. The van der Waals surface area contributed by atoms with Crippen LogP contribution in [0.3, 0.4) is 0 Å². The van der Waals surface area contributed by atoms with Gasteiger partial charge >= 0.3 is 5.97 Å². The standard InChI is InChI=1S/C19H21NO6/c1-12(2)26-16-8-7-13(9-17(16)24-3)19(23)20-14-5-4-6-15(10-14)25-11-18(21)22/h4-10,12H,11H2,1-3H3,(H,20,23)(H,21,22). The number of rotatable bonds is 8. The lowest BCUT2D eigenvalue weighted by molar-refractivity contribution is -0.139. The number of hydrogen-bond acceptors (Lipinski definition) is 5. The largest absolute Gasteiger partial charge is 0.493 e. The molecule has 7 nitrogen and oxygen atoms in total. The van der Waals surface area contributed by atoms with Gasteiger partial charge in [-0.25, -0.2) is 4.79 Å². The van der Waals surface area contributed by atoms with Crippen molar-refractivity contribution in [3.63, 3.8) is 0 Å². The maximum absolute atomic E-state index is 12.5. The van der Waals surface area contributed by atoms with E-state index in [4.69, 9.17) is 19.3 Å². The number of anilines is 1. The summed E-state index contributed by atoms with van der Waals surface area (Å²) in [4.78, 5) is 23.0. The SMILES string of the molecule is COc1cc(C(=O)Nc2cccc(OCC(=O)O)c2)ccc1OC(C)C. The number of carbonyl (C=O) groups is 2. The number of nitrogens with one attached hydrogen (secondary N) is 1. The molecular weight excluding hydrogens is 338 g/mol. The van der Waals surface area contributed by atoms with Crippen LogP contribution in [0.1, 0.15) is 24.2 Å². The van der Waals surface area contributed by atoms with E-state index in [0.29, 0.717) is 28.5 Å². The van der Waals surface area contributed by atoms with E-state index in [9.17, 15) is 9.59 Å². The molecule has 0 unspecified atom stereocenters. The first-order valence-corrected chi connectivity index (χ1v) is 7.99. The minimum atomic E-state index is -1.07. The van der Waals surface area contributed by atoms with Gasteiger partial charge in [-0.1, -0.05) is 6.07 Å². The first-order valence-electron chi connectivity index (χ1n) is 7.99. The molecule has 2 aromatic rings. The summed E-state index contributed by atoms with van der Waals surface area (Å²) >= 11 is 0. The molecule has 7 heteroatoms. The van der Waals surface area contributed by atoms with Gasteiger partial charge in [0.05, 0.1) is 13.2 Å². The van der Waals surface area contributed by atoms with Crippen molar-refractivity contribution < 1.29 is 28.9 Å². The van der Waals surface area contributed by atoms with Crippen molar-refractivity contribution >= 4 is 17.6 Å². The summed E-state index contributed by atoms with van der Waals surface area (Å²) in [6.07, 6.45) is -0.0166. The summed E-state index contributed by atoms with van der Waals surface area (Å²) in [7, 11) is 1.51. The van der Waals surface area contributed by atoms with Gasteiger partial charge in [0, 0.05) is 17.3 Å². The molecule has 0 spiro atoms. The van der Waals surface area contributed by atoms with Gasteiger partial charge in [0.15, 0.2) is 18.1 Å². The van der Waals surface area contributed by atoms with Crippen LogP contribution in [0.15, 0.2) is 42.5 Å². The Kier molecular flexibility index (Phi) is 6.43. The van der Waals surface area contributed by atoms with Crippen LogP contribution >= 0.6 is 0 Å². The van der Waals surface area contributed by atoms with Crippen molar-refractivity contribution in [3.05, 3.63) is 48.0 Å². The van der Waals surface area contributed by atoms with E-state index in [1.54, 1.807) is 42.5 Å². The Morgan fingerprint density at radius 2 is 1.88 bits per heavy atom. The molecule has 0 bridgehead atoms. The molecule has 1 amide bonds. The number of carboxylic acid groups (broad SMARTS) is 1. The molecule has 0 atom stereocenters. The third kappa shape index (κ3) is 5.41. The summed E-state index contributed by atoms with van der Waals surface area (Å²) in [5, 5.41) is 11.4. The van der Waals surface area contributed by atoms with Gasteiger partial charge < -0.3 is 24.6 Å². The fraction of sp³-hybridized carbons (Fsp3) is 0.263. The summed E-state index contributed by atoms with van der Waals surface area (Å²) in [5.41, 5.74) is 0.883. The average Bonchev–Trinajstić information content (AvgIpc) is 2.60. The highest BCUT2D eigenvalue weighted by Gasteiger charge is 2.13. The second-order valence-electron chi connectivity index (χ2n) is 5.70. The first kappa shape index (κ1) is 19.1. The van der Waals surface area contributed by atoms with E-state index in [1.165, 1.54) is 7.11 Å². The minimum Gasteiger partial charge on any atom is -0.493 e. The van der Waals surface area contributed by atoms with Crippen molar-refractivity contribution in [2.45, 2.75) is 20.0 Å². The van der Waals surface area contributed by atoms with Crippen LogP contribution in [-0.2, 0) is 4.79 Å². The summed E-state index contributed by atoms with van der Waals surface area (Å²) in [5.74, 6) is -0.0403. The number of benzene rings is 2. The maximum Gasteiger partial charge on any atom is 0.341 e. The third-order valence-corrected chi connectivity index (χ3v) is 3.24. The van der Waals surface area contributed by atoms with Gasteiger partial charge in [-0.15, -0.1) is 0 Å². The number of methoxy groups -OCH3 is 1. The molecule has 0 saturated carbocycles. The van der Waals surface area contributed by atoms with Crippen molar-refractivity contribution in [3.8, 4) is 17.2 Å². The lowest BCUT2D eigenvalue weighted by Gasteiger charge is -2.14. The molecule has 0 aromatic heterocycles. The Labute approximate surface area is 151 Å². The normalized spacial score (nSPS) is 10.3. The van der Waals surface area contributed by atoms with Crippen LogP contribution in [0, 0.1) is 0 Å². The fourth-order valence-electron chi connectivity index (χ4n) is 2.17. The summed E-state index contributed by atoms with van der Waals surface area (Å²) in [6, 6.07) is 11.4. The van der Waals surface area contributed by atoms with Crippen LogP contribution < -0.4 is 19.5 Å². The van der Waals surface area contributed by atoms with Crippen LogP contribution in [0.5, 0.6) is 17.2 Å². The van der Waals surface area contributed by atoms with E-state index in [0.717, 1.165) is 0 Å². The summed E-state index contributed by atoms with van der Waals surface area (Å²) in [6.45, 7) is 3.35. The quantitative estimate of drug-likeness (QED) is 0.752. The zero-order valence-corrected chi connectivity index (χ0v) is 14.8. The lowest BCUT2D eigenvalue weighted by atomic mass is 10.1. The Morgan fingerprint density at radius 1 is 1.12 bits per heavy atom. The maximum atomic E-state index is 12.5. The predicted molar refractivity (Wildman–Crippen MR) is 96.3 cm³/mol. The van der Waals surface area contributed by atoms with Gasteiger partial charge in [-0.2, -0.15) is 0 Å². The molecule has 0 aliphatic carbocycles. The number of aliphatic carboxylic acids is 1. The van der Waals surface area contributed by atoms with E-state index >= 15 is 0 Å². The van der Waals surface area contributed by atoms with Crippen molar-refractivity contribution in [2.75, 3.05) is 19.0 Å². The van der Waals surface area contributed by atoms with Gasteiger partial charge in [-0.05, 0) is 44.2 Å². The molecular formula is C19H21NO6. The van der Waals surface area contributed by atoms with E-state index in [2.05, 4.69) is 5.32 Å². The Hall–Kier alpha value is -3.22. The van der Waals surface area contributed by atoms with Crippen molar-refractivity contribution in [1.82, 2.24) is 0 Å². The first-order chi connectivity index (χ1) is 12.4. The fourth-order valence-corrected chi connectivity index (χ4v) is 2.17. The molecule has 0 radical (unpaired) electrons. The zero-order valence-electron chi connectivity index (χ0n) is 14.8. The van der Waals surface area contributed by atoms with Gasteiger partial charge in [-0.3, -0.25) is 4.79 Å². The molecule has 0 saturated heterocycles.